The van der Waals surface area contributed by atoms with Gasteiger partial charge >= 0.3 is 12.1 Å². The van der Waals surface area contributed by atoms with Crippen molar-refractivity contribution in [2.75, 3.05) is 45.7 Å². The van der Waals surface area contributed by atoms with Gasteiger partial charge < -0.3 is 25.2 Å². The quantitative estimate of drug-likeness (QED) is 0.142. The first-order chi connectivity index (χ1) is 24.0. The Hall–Kier alpha value is -4.84. The van der Waals surface area contributed by atoms with Crippen LogP contribution in [0.2, 0.25) is 0 Å². The number of ether oxygens (including phenoxy) is 2. The molecule has 3 N–H and O–H groups in total. The van der Waals surface area contributed by atoms with Gasteiger partial charge in [-0.2, -0.15) is 13.2 Å². The first-order valence-electron chi connectivity index (χ1n) is 16.6. The molecule has 1 aliphatic heterocycles. The maximum absolute atomic E-state index is 13.8. The standard InChI is InChI=1S/C27H33NO2.C12H12F4N2O3/c1-19-9-6-11-22-21(19)10-7-12-23(22)25-24(29-4)14-13-20(26(25)30-5)17-28-16-8-15-27(2,3)18-28;1-6-2-7(18-5-12(14,15)16)3-8(13)10(6)11(21)17-4-9(19)20/h6-7,9-14H,8,15-18H2,1-5H3;2-3,18H,4-5H2,1H3,(H,17,21)(H,19,20). The number of hydrogen-bond acceptors (Lipinski definition) is 6. The van der Waals surface area contributed by atoms with Gasteiger partial charge in [0.2, 0.25) is 0 Å². The third-order valence-corrected chi connectivity index (χ3v) is 8.82. The van der Waals surface area contributed by atoms with Gasteiger partial charge in [0.1, 0.15) is 30.4 Å². The number of nitrogens with zero attached hydrogens (tertiary/aromatic N) is 1. The lowest BCUT2D eigenvalue weighted by Crippen LogP contribution is -2.39. The molecule has 0 atom stereocenters. The molecule has 1 heterocycles. The Morgan fingerprint density at radius 3 is 2.29 bits per heavy atom. The molecule has 0 saturated carbocycles. The Bertz CT molecular complexity index is 1850. The summed E-state index contributed by atoms with van der Waals surface area (Å²) in [5, 5.41) is 14.9. The molecular formula is C39H45F4N3O5. The molecular weight excluding hydrogens is 666 g/mol. The summed E-state index contributed by atoms with van der Waals surface area (Å²) in [6.07, 6.45) is -1.91. The molecule has 4 aromatic rings. The average molecular weight is 712 g/mol. The molecule has 0 unspecified atom stereocenters. The highest BCUT2D eigenvalue weighted by molar-refractivity contribution is 6.01. The number of amides is 1. The molecule has 0 radical (unpaired) electrons. The number of carbonyl (C=O) groups is 2. The maximum atomic E-state index is 13.8. The van der Waals surface area contributed by atoms with Crippen molar-refractivity contribution >= 4 is 28.3 Å². The molecule has 0 aliphatic carbocycles. The zero-order chi connectivity index (χ0) is 37.5. The van der Waals surface area contributed by atoms with Gasteiger partial charge in [-0.15, -0.1) is 0 Å². The minimum absolute atomic E-state index is 0.0857. The highest BCUT2D eigenvalue weighted by atomic mass is 19.4. The molecule has 1 saturated heterocycles. The second-order valence-corrected chi connectivity index (χ2v) is 13.5. The minimum Gasteiger partial charge on any atom is -0.496 e. The summed E-state index contributed by atoms with van der Waals surface area (Å²) in [6, 6.07) is 19.1. The summed E-state index contributed by atoms with van der Waals surface area (Å²) in [5.41, 5.74) is 4.62. The lowest BCUT2D eigenvalue weighted by Gasteiger charge is -2.38. The number of halogens is 4. The topological polar surface area (TPSA) is 100 Å². The van der Waals surface area contributed by atoms with E-state index in [1.165, 1.54) is 47.7 Å². The van der Waals surface area contributed by atoms with E-state index in [1.54, 1.807) is 14.2 Å². The summed E-state index contributed by atoms with van der Waals surface area (Å²) in [6.45, 7) is 9.36. The number of carboxylic acid groups (broad SMARTS) is 1. The number of anilines is 1. The first kappa shape index (κ1) is 39.0. The lowest BCUT2D eigenvalue weighted by molar-refractivity contribution is -0.135. The van der Waals surface area contributed by atoms with Gasteiger partial charge in [-0.1, -0.05) is 56.3 Å². The van der Waals surface area contributed by atoms with Gasteiger partial charge in [0.15, 0.2) is 0 Å². The summed E-state index contributed by atoms with van der Waals surface area (Å²) in [5.74, 6) is -1.52. The number of carboxylic acids is 1. The Labute approximate surface area is 295 Å². The van der Waals surface area contributed by atoms with Gasteiger partial charge in [-0.05, 0) is 84.3 Å². The number of nitrogens with one attached hydrogen (secondary N) is 2. The normalized spacial score (nSPS) is 14.3. The molecule has 5 rings (SSSR count). The van der Waals surface area contributed by atoms with Gasteiger partial charge in [-0.25, -0.2) is 4.39 Å². The van der Waals surface area contributed by atoms with Crippen LogP contribution in [0.25, 0.3) is 21.9 Å². The number of alkyl halides is 3. The predicted molar refractivity (Wildman–Crippen MR) is 191 cm³/mol. The SMILES string of the molecule is COc1ccc(CN2CCCC(C)(C)C2)c(OC)c1-c1cccc2c(C)cccc12.Cc1cc(NCC(F)(F)F)cc(F)c1C(=O)NCC(=O)O. The Balaban J connectivity index is 0.000000245. The van der Waals surface area contributed by atoms with Crippen LogP contribution >= 0.6 is 0 Å². The van der Waals surface area contributed by atoms with E-state index in [0.717, 1.165) is 48.3 Å². The van der Waals surface area contributed by atoms with Crippen LogP contribution < -0.4 is 20.1 Å². The summed E-state index contributed by atoms with van der Waals surface area (Å²) >= 11 is 0. The zero-order valence-corrected chi connectivity index (χ0v) is 29.8. The molecule has 274 valence electrons. The molecule has 0 aromatic heterocycles. The number of aliphatic carboxylic acids is 1. The number of likely N-dealkylation sites (tertiary alicyclic amines) is 1. The largest absolute Gasteiger partial charge is 0.496 e. The zero-order valence-electron chi connectivity index (χ0n) is 29.8. The van der Waals surface area contributed by atoms with Crippen molar-refractivity contribution in [1.29, 1.82) is 0 Å². The van der Waals surface area contributed by atoms with Crippen LogP contribution in [0.1, 0.15) is 53.7 Å². The van der Waals surface area contributed by atoms with Crippen LogP contribution in [-0.4, -0.2) is 68.5 Å². The summed E-state index contributed by atoms with van der Waals surface area (Å²) in [7, 11) is 3.51. The number of carbonyl (C=O) groups excluding carboxylic acids is 1. The van der Waals surface area contributed by atoms with E-state index in [0.29, 0.717) is 5.41 Å². The van der Waals surface area contributed by atoms with Gasteiger partial charge in [0.05, 0.1) is 25.3 Å². The summed E-state index contributed by atoms with van der Waals surface area (Å²) < 4.78 is 61.8. The Morgan fingerprint density at radius 1 is 0.961 bits per heavy atom. The van der Waals surface area contributed by atoms with E-state index < -0.39 is 42.5 Å². The van der Waals surface area contributed by atoms with Crippen molar-refractivity contribution in [3.05, 3.63) is 88.7 Å². The molecule has 12 heteroatoms. The highest BCUT2D eigenvalue weighted by Gasteiger charge is 2.29. The average Bonchev–Trinajstić information content (AvgIpc) is 3.05. The number of rotatable bonds is 10. The van der Waals surface area contributed by atoms with Crippen molar-refractivity contribution < 1.29 is 41.7 Å². The van der Waals surface area contributed by atoms with E-state index in [2.05, 4.69) is 74.2 Å². The molecule has 1 aliphatic rings. The monoisotopic (exact) mass is 711 g/mol. The van der Waals surface area contributed by atoms with Gasteiger partial charge in [0.25, 0.3) is 5.91 Å². The van der Waals surface area contributed by atoms with Crippen LogP contribution in [-0.2, 0) is 11.3 Å². The molecule has 51 heavy (non-hydrogen) atoms. The molecule has 0 bridgehead atoms. The number of hydrogen-bond donors (Lipinski definition) is 3. The molecule has 8 nitrogen and oxygen atoms in total. The van der Waals surface area contributed by atoms with E-state index >= 15 is 0 Å². The maximum Gasteiger partial charge on any atom is 0.405 e. The van der Waals surface area contributed by atoms with Crippen LogP contribution in [0.4, 0.5) is 23.2 Å². The van der Waals surface area contributed by atoms with Crippen molar-refractivity contribution in [3.8, 4) is 22.6 Å². The van der Waals surface area contributed by atoms with E-state index in [-0.39, 0.29) is 11.3 Å². The number of fused-ring (bicyclic) bond motifs is 1. The fourth-order valence-electron chi connectivity index (χ4n) is 6.58. The van der Waals surface area contributed by atoms with Crippen molar-refractivity contribution in [3.63, 3.8) is 0 Å². The Kier molecular flexibility index (Phi) is 12.6. The Morgan fingerprint density at radius 2 is 1.67 bits per heavy atom. The lowest BCUT2D eigenvalue weighted by atomic mass is 9.84. The van der Waals surface area contributed by atoms with Crippen LogP contribution in [0.5, 0.6) is 11.5 Å². The highest BCUT2D eigenvalue weighted by Crippen LogP contribution is 2.44. The minimum atomic E-state index is -4.46. The van der Waals surface area contributed by atoms with E-state index in [9.17, 15) is 27.2 Å². The van der Waals surface area contributed by atoms with Crippen molar-refractivity contribution in [2.24, 2.45) is 5.41 Å². The molecule has 0 spiro atoms. The number of methoxy groups -OCH3 is 2. The predicted octanol–water partition coefficient (Wildman–Crippen LogP) is 8.38. The number of piperidine rings is 1. The van der Waals surface area contributed by atoms with Crippen LogP contribution in [0.3, 0.4) is 0 Å². The number of aryl methyl sites for hydroxylation is 2. The van der Waals surface area contributed by atoms with E-state index in [1.807, 2.05) is 10.6 Å². The fraction of sp³-hybridized carbons (Fsp3) is 0.385. The van der Waals surface area contributed by atoms with Gasteiger partial charge in [0, 0.05) is 24.3 Å². The summed E-state index contributed by atoms with van der Waals surface area (Å²) in [4.78, 5) is 24.5. The van der Waals surface area contributed by atoms with Gasteiger partial charge in [-0.3, -0.25) is 14.5 Å². The third kappa shape index (κ3) is 10.1. The van der Waals surface area contributed by atoms with E-state index in [4.69, 9.17) is 14.6 Å². The second kappa shape index (κ2) is 16.5. The first-order valence-corrected chi connectivity index (χ1v) is 16.6. The fourth-order valence-corrected chi connectivity index (χ4v) is 6.58. The third-order valence-electron chi connectivity index (χ3n) is 8.82. The smallest absolute Gasteiger partial charge is 0.405 e. The van der Waals surface area contributed by atoms with Crippen molar-refractivity contribution in [1.82, 2.24) is 10.2 Å². The second-order valence-electron chi connectivity index (χ2n) is 13.5. The van der Waals surface area contributed by atoms with Crippen LogP contribution in [0.15, 0.2) is 60.7 Å². The van der Waals surface area contributed by atoms with Crippen LogP contribution in [0, 0.1) is 25.1 Å². The van der Waals surface area contributed by atoms with Crippen molar-refractivity contribution in [2.45, 2.75) is 53.3 Å². The molecule has 1 amide bonds. The molecule has 4 aromatic carbocycles. The molecule has 1 fully saturated rings. The number of benzene rings is 4.